The molecule has 3 saturated heterocycles. The first-order chi connectivity index (χ1) is 25.7. The van der Waals surface area contributed by atoms with Crippen molar-refractivity contribution < 1.29 is 33.7 Å². The van der Waals surface area contributed by atoms with Gasteiger partial charge in [0.2, 0.25) is 5.91 Å². The Morgan fingerprint density at radius 3 is 2.06 bits per heavy atom. The lowest BCUT2D eigenvalue weighted by Crippen LogP contribution is -2.53. The zero-order chi connectivity index (χ0) is 38.4. The van der Waals surface area contributed by atoms with E-state index in [1.807, 2.05) is 38.1 Å². The molecular weight excluding hydrogens is 690 g/mol. The smallest absolute Gasteiger partial charge is 0.408 e. The van der Waals surface area contributed by atoms with Crippen LogP contribution in [0.1, 0.15) is 71.6 Å². The summed E-state index contributed by atoms with van der Waals surface area (Å²) in [5, 5.41) is 12.7. The van der Waals surface area contributed by atoms with E-state index in [0.29, 0.717) is 44.2 Å². The molecule has 0 radical (unpaired) electrons. The number of methoxy groups -OCH3 is 1. The van der Waals surface area contributed by atoms with Gasteiger partial charge in [-0.1, -0.05) is 83.1 Å². The second-order valence-corrected chi connectivity index (χ2v) is 15.8. The molecular formula is C40H49N7O7. The molecule has 14 heteroatoms. The monoisotopic (exact) mass is 739 g/mol. The first-order valence-electron chi connectivity index (χ1n) is 18.5. The van der Waals surface area contributed by atoms with Crippen molar-refractivity contribution in [2.75, 3.05) is 33.4 Å². The number of rotatable bonds is 8. The number of carboxylic acid groups (broad SMARTS) is 1. The topological polar surface area (TPSA) is 175 Å². The first kappa shape index (κ1) is 37.1. The molecule has 1 spiro atoms. The van der Waals surface area contributed by atoms with Crippen molar-refractivity contribution in [1.82, 2.24) is 35.1 Å². The molecule has 286 valence electrons. The number of carbonyl (C=O) groups is 3. The van der Waals surface area contributed by atoms with Crippen molar-refractivity contribution in [2.45, 2.75) is 77.3 Å². The maximum Gasteiger partial charge on any atom is 0.408 e. The second kappa shape index (κ2) is 14.2. The van der Waals surface area contributed by atoms with E-state index >= 15 is 0 Å². The minimum absolute atomic E-state index is 0.186. The fourth-order valence-corrected chi connectivity index (χ4v) is 8.37. The van der Waals surface area contributed by atoms with Crippen molar-refractivity contribution in [2.24, 2.45) is 11.3 Å². The Bertz CT molecular complexity index is 1990. The normalized spacial score (nSPS) is 21.6. The average Bonchev–Trinajstić information content (AvgIpc) is 4.00. The van der Waals surface area contributed by atoms with E-state index in [1.165, 1.54) is 7.11 Å². The van der Waals surface area contributed by atoms with Crippen LogP contribution in [0, 0.1) is 11.3 Å². The Balaban J connectivity index is 1.08. The minimum Gasteiger partial charge on any atom is -0.465 e. The van der Waals surface area contributed by atoms with Gasteiger partial charge in [-0.15, -0.1) is 0 Å². The zero-order valence-electron chi connectivity index (χ0n) is 31.6. The van der Waals surface area contributed by atoms with Crippen LogP contribution < -0.4 is 5.32 Å². The van der Waals surface area contributed by atoms with Gasteiger partial charge < -0.3 is 39.5 Å². The van der Waals surface area contributed by atoms with E-state index in [1.54, 1.807) is 22.2 Å². The van der Waals surface area contributed by atoms with Gasteiger partial charge >= 0.3 is 12.2 Å². The summed E-state index contributed by atoms with van der Waals surface area (Å²) in [6.45, 7) is 11.5. The second-order valence-electron chi connectivity index (χ2n) is 15.8. The number of hydrogen-bond acceptors (Lipinski definition) is 8. The number of amides is 3. The SMILES string of the molecule is COC(=O)N[C@H](C(=O)N1CC2(C[C@H]1c1ncc(-c3ccc(-c4ccc(-c5cnc([C@@]6(C(C)(C)C)CCCN6C(=O)O)[nH]5)cc4)cc3)[nH]1)OCCO2)C(C)C. The third-order valence-electron chi connectivity index (χ3n) is 11.2. The number of aromatic amines is 2. The number of hydrogen-bond donors (Lipinski definition) is 4. The van der Waals surface area contributed by atoms with Crippen molar-refractivity contribution in [3.8, 4) is 33.6 Å². The Morgan fingerprint density at radius 1 is 0.926 bits per heavy atom. The van der Waals surface area contributed by atoms with Crippen LogP contribution in [0.25, 0.3) is 33.6 Å². The fraction of sp³-hybridized carbons (Fsp3) is 0.475. The Morgan fingerprint density at radius 2 is 1.50 bits per heavy atom. The highest BCUT2D eigenvalue weighted by Gasteiger charge is 2.55. The van der Waals surface area contributed by atoms with Gasteiger partial charge in [-0.2, -0.15) is 0 Å². The summed E-state index contributed by atoms with van der Waals surface area (Å²) >= 11 is 0. The number of H-pyrrole nitrogens is 2. The van der Waals surface area contributed by atoms with Gasteiger partial charge in [-0.3, -0.25) is 9.69 Å². The summed E-state index contributed by atoms with van der Waals surface area (Å²) in [6.07, 6.45) is 3.86. The Labute approximate surface area is 314 Å². The summed E-state index contributed by atoms with van der Waals surface area (Å²) < 4.78 is 16.8. The molecule has 4 aromatic rings. The molecule has 3 fully saturated rings. The van der Waals surface area contributed by atoms with E-state index in [-0.39, 0.29) is 23.8 Å². The average molecular weight is 740 g/mol. The molecule has 7 rings (SSSR count). The number of nitrogens with zero attached hydrogens (tertiary/aromatic N) is 4. The molecule has 0 unspecified atom stereocenters. The molecule has 3 aliphatic heterocycles. The Kier molecular flexibility index (Phi) is 9.77. The molecule has 0 bridgehead atoms. The highest BCUT2D eigenvalue weighted by molar-refractivity contribution is 5.86. The fourth-order valence-electron chi connectivity index (χ4n) is 8.37. The highest BCUT2D eigenvalue weighted by Crippen LogP contribution is 2.50. The summed E-state index contributed by atoms with van der Waals surface area (Å²) in [6, 6.07) is 15.1. The number of benzene rings is 2. The number of imidazole rings is 2. The van der Waals surface area contributed by atoms with Crippen LogP contribution in [0.2, 0.25) is 0 Å². The number of carbonyl (C=O) groups excluding carboxylic acids is 2. The van der Waals surface area contributed by atoms with E-state index in [4.69, 9.17) is 24.2 Å². The molecule has 0 saturated carbocycles. The third-order valence-corrected chi connectivity index (χ3v) is 11.2. The number of ether oxygens (including phenoxy) is 3. The summed E-state index contributed by atoms with van der Waals surface area (Å²) in [7, 11) is 1.27. The maximum absolute atomic E-state index is 13.9. The van der Waals surface area contributed by atoms with Crippen LogP contribution in [-0.2, 0) is 24.5 Å². The van der Waals surface area contributed by atoms with Gasteiger partial charge in [0.15, 0.2) is 5.79 Å². The summed E-state index contributed by atoms with van der Waals surface area (Å²) in [4.78, 5) is 57.9. The standard InChI is InChI=1S/C40H49N7O7/c1-24(2)32(45-36(49)52-6)34(48)46-23-39(53-18-19-54-39)20-31(46)33-41-21-29(43-33)27-12-8-25(9-13-27)26-10-14-28(15-11-26)30-22-42-35(44-30)40(38(3,4)5)16-7-17-47(40)37(50)51/h8-15,21-22,24,31-32H,7,16-20,23H2,1-6H3,(H,41,43)(H,42,44)(H,45,49)(H,50,51)/t31-,32-,40+/m0/s1. The van der Waals surface area contributed by atoms with E-state index in [9.17, 15) is 19.5 Å². The van der Waals surface area contributed by atoms with Crippen LogP contribution in [0.5, 0.6) is 0 Å². The van der Waals surface area contributed by atoms with E-state index in [2.05, 4.69) is 60.3 Å². The molecule has 3 atom stereocenters. The molecule has 2 aromatic heterocycles. The number of likely N-dealkylation sites (tertiary alicyclic amines) is 2. The van der Waals surface area contributed by atoms with Crippen LogP contribution in [0.4, 0.5) is 9.59 Å². The van der Waals surface area contributed by atoms with Crippen molar-refractivity contribution >= 4 is 18.1 Å². The van der Waals surface area contributed by atoms with Gasteiger partial charge in [0.25, 0.3) is 0 Å². The quantitative estimate of drug-likeness (QED) is 0.156. The largest absolute Gasteiger partial charge is 0.465 e. The van der Waals surface area contributed by atoms with E-state index in [0.717, 1.165) is 40.1 Å². The van der Waals surface area contributed by atoms with Crippen LogP contribution in [0.3, 0.4) is 0 Å². The molecule has 3 amide bonds. The predicted molar refractivity (Wildman–Crippen MR) is 200 cm³/mol. The zero-order valence-corrected chi connectivity index (χ0v) is 31.6. The molecule has 3 aliphatic rings. The van der Waals surface area contributed by atoms with Gasteiger partial charge in [0.05, 0.1) is 56.7 Å². The third kappa shape index (κ3) is 6.61. The van der Waals surface area contributed by atoms with Crippen molar-refractivity contribution in [3.63, 3.8) is 0 Å². The molecule has 0 aliphatic carbocycles. The molecule has 5 heterocycles. The van der Waals surface area contributed by atoms with Crippen molar-refractivity contribution in [1.29, 1.82) is 0 Å². The molecule has 2 aromatic carbocycles. The highest BCUT2D eigenvalue weighted by atomic mass is 16.7. The van der Waals surface area contributed by atoms with Gasteiger partial charge in [0.1, 0.15) is 23.2 Å². The molecule has 4 N–H and O–H groups in total. The van der Waals surface area contributed by atoms with E-state index < -0.39 is 35.6 Å². The maximum atomic E-state index is 13.9. The number of aromatic nitrogens is 4. The molecule has 14 nitrogen and oxygen atoms in total. The lowest BCUT2D eigenvalue weighted by atomic mass is 9.71. The van der Waals surface area contributed by atoms with Crippen LogP contribution in [-0.4, -0.2) is 98.2 Å². The molecule has 54 heavy (non-hydrogen) atoms. The minimum atomic E-state index is -0.928. The lowest BCUT2D eigenvalue weighted by Gasteiger charge is -2.45. The van der Waals surface area contributed by atoms with Crippen LogP contribution in [0.15, 0.2) is 60.9 Å². The number of nitrogens with one attached hydrogen (secondary N) is 3. The summed E-state index contributed by atoms with van der Waals surface area (Å²) in [5.41, 5.74) is 4.51. The van der Waals surface area contributed by atoms with Crippen molar-refractivity contribution in [3.05, 3.63) is 72.6 Å². The van der Waals surface area contributed by atoms with Gasteiger partial charge in [0, 0.05) is 13.0 Å². The lowest BCUT2D eigenvalue weighted by molar-refractivity contribution is -0.153. The van der Waals surface area contributed by atoms with Gasteiger partial charge in [-0.05, 0) is 46.4 Å². The Hall–Kier alpha value is -5.21. The number of alkyl carbamates (subject to hydrolysis) is 1. The van der Waals surface area contributed by atoms with Crippen LogP contribution >= 0.6 is 0 Å². The predicted octanol–water partition coefficient (Wildman–Crippen LogP) is 6.55. The first-order valence-corrected chi connectivity index (χ1v) is 18.5. The summed E-state index contributed by atoms with van der Waals surface area (Å²) in [5.74, 6) is -0.0929. The van der Waals surface area contributed by atoms with Gasteiger partial charge in [-0.25, -0.2) is 19.6 Å².